The number of rotatable bonds is 7. The summed E-state index contributed by atoms with van der Waals surface area (Å²) in [6, 6.07) is 24.7. The molecule has 0 aliphatic heterocycles. The number of nitrogens with zero attached hydrogens (tertiary/aromatic N) is 2. The third-order valence-electron chi connectivity index (χ3n) is 5.09. The van der Waals surface area contributed by atoms with Gasteiger partial charge < -0.3 is 10.6 Å². The molecule has 0 fully saturated rings. The van der Waals surface area contributed by atoms with Crippen molar-refractivity contribution in [1.82, 2.24) is 9.78 Å². The second kappa shape index (κ2) is 9.75. The minimum Gasteiger partial charge on any atom is -0.326 e. The smallest absolute Gasteiger partial charge is 0.256 e. The van der Waals surface area contributed by atoms with Crippen LogP contribution >= 0.6 is 0 Å². The van der Waals surface area contributed by atoms with Crippen LogP contribution in [0.3, 0.4) is 0 Å². The number of benzene rings is 3. The van der Waals surface area contributed by atoms with E-state index in [4.69, 9.17) is 0 Å². The SMILES string of the molecule is CCC(=O)Nc1ccc(NC(=O)c2ccccc2-c2ccc(Cn3cccn3)cc2)cc1. The summed E-state index contributed by atoms with van der Waals surface area (Å²) in [5, 5.41) is 9.97. The van der Waals surface area contributed by atoms with Crippen LogP contribution in [0.1, 0.15) is 29.3 Å². The Morgan fingerprint density at radius 1 is 0.844 bits per heavy atom. The quantitative estimate of drug-likeness (QED) is 0.428. The predicted molar refractivity (Wildman–Crippen MR) is 127 cm³/mol. The third-order valence-corrected chi connectivity index (χ3v) is 5.09. The highest BCUT2D eigenvalue weighted by Gasteiger charge is 2.13. The number of carbonyl (C=O) groups excluding carboxylic acids is 2. The van der Waals surface area contributed by atoms with E-state index in [9.17, 15) is 9.59 Å². The second-order valence-electron chi connectivity index (χ2n) is 7.38. The summed E-state index contributed by atoms with van der Waals surface area (Å²) in [4.78, 5) is 24.5. The van der Waals surface area contributed by atoms with Crippen molar-refractivity contribution < 1.29 is 9.59 Å². The maximum Gasteiger partial charge on any atom is 0.256 e. The molecule has 1 aromatic heterocycles. The molecular formula is C26H24N4O2. The summed E-state index contributed by atoms with van der Waals surface area (Å²) in [5.74, 6) is -0.238. The number of anilines is 2. The van der Waals surface area contributed by atoms with Gasteiger partial charge in [0.25, 0.3) is 5.91 Å². The van der Waals surface area contributed by atoms with Crippen molar-refractivity contribution in [3.8, 4) is 11.1 Å². The summed E-state index contributed by atoms with van der Waals surface area (Å²) in [6.07, 6.45) is 4.11. The van der Waals surface area contributed by atoms with Crippen LogP contribution in [0.2, 0.25) is 0 Å². The van der Waals surface area contributed by atoms with Gasteiger partial charge in [-0.1, -0.05) is 49.4 Å². The van der Waals surface area contributed by atoms with Gasteiger partial charge >= 0.3 is 0 Å². The Kier molecular flexibility index (Phi) is 6.41. The molecule has 2 N–H and O–H groups in total. The van der Waals surface area contributed by atoms with Crippen molar-refractivity contribution in [2.24, 2.45) is 0 Å². The highest BCUT2D eigenvalue weighted by Crippen LogP contribution is 2.25. The molecule has 3 aromatic carbocycles. The lowest BCUT2D eigenvalue weighted by molar-refractivity contribution is -0.115. The van der Waals surface area contributed by atoms with Gasteiger partial charge in [0.15, 0.2) is 0 Å². The summed E-state index contributed by atoms with van der Waals surface area (Å²) in [7, 11) is 0. The Bertz CT molecular complexity index is 1200. The van der Waals surface area contributed by atoms with Gasteiger partial charge in [0.05, 0.1) is 6.54 Å². The molecule has 6 heteroatoms. The summed E-state index contributed by atoms with van der Waals surface area (Å²) in [6.45, 7) is 2.50. The maximum absolute atomic E-state index is 13.0. The molecule has 0 aliphatic carbocycles. The molecule has 0 radical (unpaired) electrons. The Morgan fingerprint density at radius 3 is 2.19 bits per heavy atom. The van der Waals surface area contributed by atoms with Gasteiger partial charge in [-0.3, -0.25) is 14.3 Å². The van der Waals surface area contributed by atoms with E-state index in [1.165, 1.54) is 0 Å². The molecule has 0 unspecified atom stereocenters. The summed E-state index contributed by atoms with van der Waals surface area (Å²) >= 11 is 0. The molecule has 4 rings (SSSR count). The molecule has 1 heterocycles. The first-order chi connectivity index (χ1) is 15.6. The van der Waals surface area contributed by atoms with E-state index >= 15 is 0 Å². The molecule has 32 heavy (non-hydrogen) atoms. The molecule has 0 aliphatic rings. The minimum atomic E-state index is -0.188. The fraction of sp³-hybridized carbons (Fsp3) is 0.115. The molecule has 2 amide bonds. The van der Waals surface area contributed by atoms with E-state index in [-0.39, 0.29) is 11.8 Å². The Morgan fingerprint density at radius 2 is 1.53 bits per heavy atom. The first-order valence-corrected chi connectivity index (χ1v) is 10.5. The van der Waals surface area contributed by atoms with Crippen molar-refractivity contribution >= 4 is 23.2 Å². The monoisotopic (exact) mass is 424 g/mol. The van der Waals surface area contributed by atoms with Crippen LogP contribution in [0.5, 0.6) is 0 Å². The lowest BCUT2D eigenvalue weighted by Gasteiger charge is -2.12. The highest BCUT2D eigenvalue weighted by molar-refractivity contribution is 6.08. The number of hydrogen-bond acceptors (Lipinski definition) is 3. The number of carbonyl (C=O) groups is 2. The molecule has 0 bridgehead atoms. The Balaban J connectivity index is 1.49. The average Bonchev–Trinajstić information content (AvgIpc) is 3.34. The van der Waals surface area contributed by atoms with Crippen molar-refractivity contribution in [2.75, 3.05) is 10.6 Å². The molecule has 0 saturated carbocycles. The van der Waals surface area contributed by atoms with Crippen LogP contribution in [0.25, 0.3) is 11.1 Å². The van der Waals surface area contributed by atoms with Gasteiger partial charge in [-0.05, 0) is 53.1 Å². The van der Waals surface area contributed by atoms with Crippen LogP contribution < -0.4 is 10.6 Å². The third kappa shape index (κ3) is 5.10. The van der Waals surface area contributed by atoms with Gasteiger partial charge in [0.1, 0.15) is 0 Å². The predicted octanol–water partition coefficient (Wildman–Crippen LogP) is 5.20. The number of amides is 2. The maximum atomic E-state index is 13.0. The zero-order valence-corrected chi connectivity index (χ0v) is 17.8. The molecule has 160 valence electrons. The van der Waals surface area contributed by atoms with Gasteiger partial charge in [-0.2, -0.15) is 5.10 Å². The van der Waals surface area contributed by atoms with E-state index in [0.717, 1.165) is 16.7 Å². The zero-order valence-electron chi connectivity index (χ0n) is 17.8. The average molecular weight is 425 g/mol. The van der Waals surface area contributed by atoms with Crippen molar-refractivity contribution in [2.45, 2.75) is 19.9 Å². The van der Waals surface area contributed by atoms with Gasteiger partial charge in [0.2, 0.25) is 5.91 Å². The van der Waals surface area contributed by atoms with Gasteiger partial charge in [-0.25, -0.2) is 0 Å². The lowest BCUT2D eigenvalue weighted by Crippen LogP contribution is -2.13. The van der Waals surface area contributed by atoms with Crippen molar-refractivity contribution in [3.63, 3.8) is 0 Å². The Labute approximate surface area is 186 Å². The molecule has 0 atom stereocenters. The highest BCUT2D eigenvalue weighted by atomic mass is 16.2. The topological polar surface area (TPSA) is 76.0 Å². The Hall–Kier alpha value is -4.19. The second-order valence-corrected chi connectivity index (χ2v) is 7.38. The van der Waals surface area contributed by atoms with Crippen molar-refractivity contribution in [1.29, 1.82) is 0 Å². The van der Waals surface area contributed by atoms with E-state index < -0.39 is 0 Å². The van der Waals surface area contributed by atoms with Crippen LogP contribution in [-0.4, -0.2) is 21.6 Å². The lowest BCUT2D eigenvalue weighted by atomic mass is 9.98. The van der Waals surface area contributed by atoms with Crippen LogP contribution in [0, 0.1) is 0 Å². The van der Waals surface area contributed by atoms with Crippen molar-refractivity contribution in [3.05, 3.63) is 102 Å². The van der Waals surface area contributed by atoms with Crippen LogP contribution in [0.15, 0.2) is 91.3 Å². The fourth-order valence-corrected chi connectivity index (χ4v) is 3.39. The molecule has 0 saturated heterocycles. The number of aromatic nitrogens is 2. The molecule has 0 spiro atoms. The van der Waals surface area contributed by atoms with Crippen LogP contribution in [-0.2, 0) is 11.3 Å². The van der Waals surface area contributed by atoms with E-state index in [1.54, 1.807) is 37.4 Å². The summed E-state index contributed by atoms with van der Waals surface area (Å²) in [5.41, 5.74) is 4.92. The normalized spacial score (nSPS) is 10.5. The van der Waals surface area contributed by atoms with E-state index in [2.05, 4.69) is 27.9 Å². The first kappa shape index (κ1) is 21.1. The van der Waals surface area contributed by atoms with E-state index in [1.807, 2.05) is 53.3 Å². The number of hydrogen-bond donors (Lipinski definition) is 2. The summed E-state index contributed by atoms with van der Waals surface area (Å²) < 4.78 is 1.87. The molecular weight excluding hydrogens is 400 g/mol. The molecule has 6 nitrogen and oxygen atoms in total. The largest absolute Gasteiger partial charge is 0.326 e. The first-order valence-electron chi connectivity index (χ1n) is 10.5. The minimum absolute atomic E-state index is 0.0497. The van der Waals surface area contributed by atoms with Gasteiger partial charge in [-0.15, -0.1) is 0 Å². The van der Waals surface area contributed by atoms with Gasteiger partial charge in [0, 0.05) is 35.8 Å². The zero-order chi connectivity index (χ0) is 22.3. The number of nitrogens with one attached hydrogen (secondary N) is 2. The standard InChI is InChI=1S/C26H24N4O2/c1-2-25(31)28-21-12-14-22(15-13-21)29-26(32)24-7-4-3-6-23(24)20-10-8-19(9-11-20)18-30-17-5-16-27-30/h3-17H,2,18H2,1H3,(H,28,31)(H,29,32). The fourth-order valence-electron chi connectivity index (χ4n) is 3.39. The van der Waals surface area contributed by atoms with E-state index in [0.29, 0.717) is 29.9 Å². The molecule has 4 aromatic rings. The van der Waals surface area contributed by atoms with Crippen LogP contribution in [0.4, 0.5) is 11.4 Å².